The molecule has 0 radical (unpaired) electrons. The molecule has 1 aromatic heterocycles. The zero-order valence-corrected chi connectivity index (χ0v) is 12.0. The zero-order valence-electron chi connectivity index (χ0n) is 12.0. The van der Waals surface area contributed by atoms with Gasteiger partial charge in [-0.3, -0.25) is 9.59 Å². The van der Waals surface area contributed by atoms with Gasteiger partial charge in [-0.25, -0.2) is 4.98 Å². The Balaban J connectivity index is 1.93. The minimum Gasteiger partial charge on any atom is -0.497 e. The van der Waals surface area contributed by atoms with Crippen LogP contribution < -0.4 is 4.74 Å². The van der Waals surface area contributed by atoms with E-state index in [1.807, 2.05) is 12.1 Å². The third-order valence-electron chi connectivity index (χ3n) is 3.88. The maximum Gasteiger partial charge on any atom is 0.193 e. The van der Waals surface area contributed by atoms with Crippen molar-refractivity contribution in [2.45, 2.75) is 12.8 Å². The number of aryl methyl sites for hydroxylation is 2. The second-order valence-corrected chi connectivity index (χ2v) is 5.27. The summed E-state index contributed by atoms with van der Waals surface area (Å²) in [5.41, 5.74) is 1.92. The molecule has 0 aliphatic heterocycles. The van der Waals surface area contributed by atoms with Crippen LogP contribution in [0.3, 0.4) is 0 Å². The Hall–Kier alpha value is -2.43. The topological polar surface area (TPSA) is 61.2 Å². The van der Waals surface area contributed by atoms with E-state index in [4.69, 9.17) is 4.74 Å². The Bertz CT molecular complexity index is 718. The van der Waals surface area contributed by atoms with E-state index in [0.29, 0.717) is 29.8 Å². The van der Waals surface area contributed by atoms with Crippen molar-refractivity contribution < 1.29 is 14.3 Å². The summed E-state index contributed by atoms with van der Waals surface area (Å²) >= 11 is 0. The minimum absolute atomic E-state index is 0.134. The van der Waals surface area contributed by atoms with E-state index in [9.17, 15) is 9.59 Å². The minimum atomic E-state index is -0.639. The van der Waals surface area contributed by atoms with Crippen molar-refractivity contribution in [3.63, 3.8) is 0 Å². The normalized spacial score (nSPS) is 17.4. The summed E-state index contributed by atoms with van der Waals surface area (Å²) in [6, 6.07) is 5.45. The number of Topliss-reactive ketones (excluding diaryl/α,β-unsaturated/α-hetero) is 2. The average Bonchev–Trinajstić information content (AvgIpc) is 2.93. The summed E-state index contributed by atoms with van der Waals surface area (Å²) in [5, 5.41) is 0. The van der Waals surface area contributed by atoms with E-state index in [1.54, 1.807) is 37.3 Å². The number of nitrogens with zero attached hydrogens (tertiary/aromatic N) is 2. The van der Waals surface area contributed by atoms with Crippen molar-refractivity contribution in [1.29, 1.82) is 0 Å². The lowest BCUT2D eigenvalue weighted by Crippen LogP contribution is -2.29. The van der Waals surface area contributed by atoms with Gasteiger partial charge in [-0.2, -0.15) is 0 Å². The number of aromatic nitrogens is 2. The maximum atomic E-state index is 12.6. The molecule has 1 heterocycles. The van der Waals surface area contributed by atoms with E-state index in [-0.39, 0.29) is 11.6 Å². The molecule has 1 unspecified atom stereocenters. The molecule has 5 heteroatoms. The van der Waals surface area contributed by atoms with Gasteiger partial charge in [0.05, 0.1) is 19.4 Å². The van der Waals surface area contributed by atoms with E-state index >= 15 is 0 Å². The highest BCUT2D eigenvalue weighted by Gasteiger charge is 2.34. The number of ether oxygens (including phenoxy) is 1. The summed E-state index contributed by atoms with van der Waals surface area (Å²) in [7, 11) is 3.36. The summed E-state index contributed by atoms with van der Waals surface area (Å²) < 4.78 is 6.87. The van der Waals surface area contributed by atoms with Gasteiger partial charge in [0, 0.05) is 18.8 Å². The Kier molecular flexibility index (Phi) is 3.33. The standard InChI is InChI=1S/C16H16N2O3/c1-18-8-14(17-9-18)16(20)12-6-4-10-3-5-11(21-2)7-13(10)15(12)19/h3,5,7-9,12H,4,6H2,1-2H3. The van der Waals surface area contributed by atoms with Crippen molar-refractivity contribution >= 4 is 11.6 Å². The van der Waals surface area contributed by atoms with Gasteiger partial charge in [0.2, 0.25) is 0 Å². The number of fused-ring (bicyclic) bond motifs is 1. The van der Waals surface area contributed by atoms with Crippen LogP contribution in [0, 0.1) is 5.92 Å². The summed E-state index contributed by atoms with van der Waals surface area (Å²) in [4.78, 5) is 29.1. The number of rotatable bonds is 3. The van der Waals surface area contributed by atoms with Gasteiger partial charge in [0.1, 0.15) is 11.4 Å². The van der Waals surface area contributed by atoms with Crippen LogP contribution in [0.2, 0.25) is 0 Å². The Labute approximate surface area is 122 Å². The molecule has 5 nitrogen and oxygen atoms in total. The molecule has 0 N–H and O–H groups in total. The fourth-order valence-corrected chi connectivity index (χ4v) is 2.72. The van der Waals surface area contributed by atoms with Gasteiger partial charge in [-0.1, -0.05) is 6.07 Å². The molecule has 1 aromatic carbocycles. The van der Waals surface area contributed by atoms with Crippen LogP contribution in [-0.4, -0.2) is 28.2 Å². The van der Waals surface area contributed by atoms with Crippen LogP contribution in [0.4, 0.5) is 0 Å². The Morgan fingerprint density at radius 2 is 2.24 bits per heavy atom. The molecule has 3 rings (SSSR count). The molecule has 0 saturated heterocycles. The van der Waals surface area contributed by atoms with Gasteiger partial charge in [-0.15, -0.1) is 0 Å². The third-order valence-corrected chi connectivity index (χ3v) is 3.88. The highest BCUT2D eigenvalue weighted by atomic mass is 16.5. The number of hydrogen-bond acceptors (Lipinski definition) is 4. The molecule has 0 saturated carbocycles. The second kappa shape index (κ2) is 5.16. The van der Waals surface area contributed by atoms with Crippen molar-refractivity contribution in [2.24, 2.45) is 13.0 Å². The number of ketones is 2. The number of benzene rings is 1. The molecule has 1 aliphatic rings. The fourth-order valence-electron chi connectivity index (χ4n) is 2.72. The first-order chi connectivity index (χ1) is 10.1. The molecule has 108 valence electrons. The van der Waals surface area contributed by atoms with E-state index < -0.39 is 5.92 Å². The predicted octanol–water partition coefficient (Wildman–Crippen LogP) is 2.06. The molecule has 2 aromatic rings. The first-order valence-corrected chi connectivity index (χ1v) is 6.83. The molecule has 0 bridgehead atoms. The summed E-state index contributed by atoms with van der Waals surface area (Å²) in [5.74, 6) is -0.340. The largest absolute Gasteiger partial charge is 0.497 e. The predicted molar refractivity (Wildman–Crippen MR) is 76.7 cm³/mol. The number of carbonyl (C=O) groups is 2. The second-order valence-electron chi connectivity index (χ2n) is 5.27. The van der Waals surface area contributed by atoms with Crippen molar-refractivity contribution in [3.05, 3.63) is 47.5 Å². The lowest BCUT2D eigenvalue weighted by Gasteiger charge is -2.22. The monoisotopic (exact) mass is 284 g/mol. The van der Waals surface area contributed by atoms with Crippen LogP contribution in [0.25, 0.3) is 0 Å². The van der Waals surface area contributed by atoms with Crippen molar-refractivity contribution in [3.8, 4) is 5.75 Å². The summed E-state index contributed by atoms with van der Waals surface area (Å²) in [6.45, 7) is 0. The molecule has 1 aliphatic carbocycles. The highest BCUT2D eigenvalue weighted by molar-refractivity contribution is 6.16. The Morgan fingerprint density at radius 1 is 1.43 bits per heavy atom. The first kappa shape index (κ1) is 13.5. The lowest BCUT2D eigenvalue weighted by molar-refractivity contribution is 0.0787. The Morgan fingerprint density at radius 3 is 2.90 bits per heavy atom. The number of carbonyl (C=O) groups excluding carboxylic acids is 2. The molecule has 21 heavy (non-hydrogen) atoms. The van der Waals surface area contributed by atoms with Crippen LogP contribution in [-0.2, 0) is 13.5 Å². The van der Waals surface area contributed by atoms with Gasteiger partial charge in [-0.05, 0) is 30.5 Å². The maximum absolute atomic E-state index is 12.6. The lowest BCUT2D eigenvalue weighted by atomic mass is 9.80. The van der Waals surface area contributed by atoms with Crippen LogP contribution in [0.1, 0.15) is 32.8 Å². The fraction of sp³-hybridized carbons (Fsp3) is 0.312. The molecular formula is C16H16N2O3. The van der Waals surface area contributed by atoms with Gasteiger partial charge >= 0.3 is 0 Å². The zero-order chi connectivity index (χ0) is 15.0. The SMILES string of the molecule is COc1ccc2c(c1)C(=O)C(C(=O)c1cn(C)cn1)CC2. The van der Waals surface area contributed by atoms with E-state index in [0.717, 1.165) is 5.56 Å². The highest BCUT2D eigenvalue weighted by Crippen LogP contribution is 2.30. The van der Waals surface area contributed by atoms with Crippen molar-refractivity contribution in [2.75, 3.05) is 7.11 Å². The van der Waals surface area contributed by atoms with Crippen molar-refractivity contribution in [1.82, 2.24) is 9.55 Å². The number of methoxy groups -OCH3 is 1. The smallest absolute Gasteiger partial charge is 0.193 e. The average molecular weight is 284 g/mol. The molecule has 0 spiro atoms. The molecule has 0 amide bonds. The number of hydrogen-bond donors (Lipinski definition) is 0. The van der Waals surface area contributed by atoms with Gasteiger partial charge in [0.15, 0.2) is 11.6 Å². The van der Waals surface area contributed by atoms with Crippen LogP contribution in [0.15, 0.2) is 30.7 Å². The van der Waals surface area contributed by atoms with Gasteiger partial charge in [0.25, 0.3) is 0 Å². The molecule has 1 atom stereocenters. The van der Waals surface area contributed by atoms with Crippen LogP contribution in [0.5, 0.6) is 5.75 Å². The first-order valence-electron chi connectivity index (χ1n) is 6.83. The van der Waals surface area contributed by atoms with Gasteiger partial charge < -0.3 is 9.30 Å². The van der Waals surface area contributed by atoms with Crippen LogP contribution >= 0.6 is 0 Å². The van der Waals surface area contributed by atoms with E-state index in [1.165, 1.54) is 0 Å². The molecular weight excluding hydrogens is 268 g/mol. The van der Waals surface area contributed by atoms with E-state index in [2.05, 4.69) is 4.98 Å². The quantitative estimate of drug-likeness (QED) is 0.639. The molecule has 0 fully saturated rings. The third kappa shape index (κ3) is 2.35. The summed E-state index contributed by atoms with van der Waals surface area (Å²) in [6.07, 6.45) is 4.47. The number of imidazole rings is 1.